The second-order valence-corrected chi connectivity index (χ2v) is 6.01. The van der Waals surface area contributed by atoms with Gasteiger partial charge in [0, 0.05) is 17.3 Å². The molecule has 108 valence electrons. The molecule has 7 heteroatoms. The summed E-state index contributed by atoms with van der Waals surface area (Å²) < 4.78 is 0.956. The molecule has 0 saturated heterocycles. The number of phenols is 1. The summed E-state index contributed by atoms with van der Waals surface area (Å²) in [4.78, 5) is 2.57. The van der Waals surface area contributed by atoms with Gasteiger partial charge in [-0.05, 0) is 31.0 Å². The topological polar surface area (TPSA) is 75.7 Å². The normalized spacial score (nSPS) is 11.8. The summed E-state index contributed by atoms with van der Waals surface area (Å²) >= 11 is 1.61. The molecule has 0 aliphatic carbocycles. The van der Waals surface area contributed by atoms with Crippen LogP contribution in [0.4, 0.5) is 11.5 Å². The van der Waals surface area contributed by atoms with Crippen molar-refractivity contribution in [2.75, 3.05) is 0 Å². The molecule has 1 aromatic carbocycles. The molecule has 0 saturated carbocycles. The predicted molar refractivity (Wildman–Crippen MR) is 82.8 cm³/mol. The van der Waals surface area contributed by atoms with E-state index >= 15 is 0 Å². The van der Waals surface area contributed by atoms with Crippen molar-refractivity contribution in [3.8, 4) is 5.75 Å². The first-order valence-corrected chi connectivity index (χ1v) is 7.43. The Labute approximate surface area is 125 Å². The van der Waals surface area contributed by atoms with Crippen molar-refractivity contribution < 1.29 is 5.11 Å². The first-order chi connectivity index (χ1) is 10.1. The lowest BCUT2D eigenvalue weighted by atomic mass is 10.1. The van der Waals surface area contributed by atoms with Gasteiger partial charge < -0.3 is 5.11 Å². The van der Waals surface area contributed by atoms with Gasteiger partial charge in [0.2, 0.25) is 5.82 Å². The molecule has 3 rings (SSSR count). The third-order valence-electron chi connectivity index (χ3n) is 3.18. The number of nitrogens with zero attached hydrogens (tertiary/aromatic N) is 5. The van der Waals surface area contributed by atoms with Crippen LogP contribution in [0, 0.1) is 6.92 Å². The monoisotopic (exact) mass is 301 g/mol. The van der Waals surface area contributed by atoms with Crippen molar-refractivity contribution >= 4 is 32.9 Å². The summed E-state index contributed by atoms with van der Waals surface area (Å²) in [6.45, 7) is 4.04. The number of hydrogen-bond donors (Lipinski definition) is 1. The Hall–Kier alpha value is -2.28. The fraction of sp³-hybridized carbons (Fsp3) is 0.286. The van der Waals surface area contributed by atoms with Crippen LogP contribution in [0.25, 0.3) is 10.1 Å². The molecule has 0 fully saturated rings. The van der Waals surface area contributed by atoms with E-state index in [-0.39, 0.29) is 0 Å². The van der Waals surface area contributed by atoms with Crippen molar-refractivity contribution in [3.63, 3.8) is 0 Å². The Bertz CT molecular complexity index is 833. The number of benzene rings is 1. The number of thiophene rings is 1. The van der Waals surface area contributed by atoms with Gasteiger partial charge >= 0.3 is 0 Å². The van der Waals surface area contributed by atoms with E-state index in [9.17, 15) is 5.11 Å². The van der Waals surface area contributed by atoms with Crippen LogP contribution >= 0.6 is 11.3 Å². The highest BCUT2D eigenvalue weighted by atomic mass is 32.1. The van der Waals surface area contributed by atoms with E-state index in [4.69, 9.17) is 0 Å². The second kappa shape index (κ2) is 5.25. The van der Waals surface area contributed by atoms with Gasteiger partial charge in [-0.2, -0.15) is 9.90 Å². The van der Waals surface area contributed by atoms with E-state index in [0.717, 1.165) is 32.6 Å². The van der Waals surface area contributed by atoms with Crippen LogP contribution < -0.4 is 0 Å². The Morgan fingerprint density at radius 2 is 2.14 bits per heavy atom. The van der Waals surface area contributed by atoms with Gasteiger partial charge in [0.25, 0.3) is 0 Å². The lowest BCUT2D eigenvalue weighted by Gasteiger charge is -2.05. The third-order valence-corrected chi connectivity index (χ3v) is 4.24. The maximum Gasteiger partial charge on any atom is 0.215 e. The molecule has 0 amide bonds. The summed E-state index contributed by atoms with van der Waals surface area (Å²) in [6, 6.07) is 3.73. The van der Waals surface area contributed by atoms with Crippen LogP contribution in [0.2, 0.25) is 0 Å². The maximum atomic E-state index is 10.1. The van der Waals surface area contributed by atoms with E-state index in [1.54, 1.807) is 30.6 Å². The Morgan fingerprint density at radius 3 is 2.81 bits per heavy atom. The van der Waals surface area contributed by atoms with Crippen LogP contribution in [-0.4, -0.2) is 20.1 Å². The van der Waals surface area contributed by atoms with Gasteiger partial charge in [-0.25, -0.2) is 0 Å². The molecule has 2 heterocycles. The molecule has 0 atom stereocenters. The molecule has 3 aromatic rings. The molecular weight excluding hydrogens is 286 g/mol. The number of azo groups is 1. The zero-order valence-electron chi connectivity index (χ0n) is 12.0. The fourth-order valence-electron chi connectivity index (χ4n) is 2.20. The zero-order chi connectivity index (χ0) is 15.0. The van der Waals surface area contributed by atoms with Crippen LogP contribution in [-0.2, 0) is 13.5 Å². The van der Waals surface area contributed by atoms with E-state index in [1.807, 2.05) is 19.9 Å². The van der Waals surface area contributed by atoms with Gasteiger partial charge in [0.1, 0.15) is 11.4 Å². The lowest BCUT2D eigenvalue weighted by molar-refractivity contribution is 0.481. The largest absolute Gasteiger partial charge is 0.507 e. The van der Waals surface area contributed by atoms with Gasteiger partial charge in [-0.15, -0.1) is 26.7 Å². The van der Waals surface area contributed by atoms with Crippen molar-refractivity contribution in [2.45, 2.75) is 20.3 Å². The Morgan fingerprint density at radius 1 is 1.33 bits per heavy atom. The third kappa shape index (κ3) is 2.52. The number of fused-ring (bicyclic) bond motifs is 1. The van der Waals surface area contributed by atoms with E-state index in [2.05, 4.69) is 20.4 Å². The Balaban J connectivity index is 2.15. The fourth-order valence-corrected chi connectivity index (χ4v) is 3.24. The summed E-state index contributed by atoms with van der Waals surface area (Å²) in [5.41, 5.74) is 1.77. The molecular formula is C14H15N5OS. The summed E-state index contributed by atoms with van der Waals surface area (Å²) in [6.07, 6.45) is 2.33. The lowest BCUT2D eigenvalue weighted by Crippen LogP contribution is -1.90. The zero-order valence-corrected chi connectivity index (χ0v) is 12.8. The molecule has 0 unspecified atom stereocenters. The SMILES string of the molecule is CCc1cc(O)c2cc(C)sc2c1/N=N/c1cnn(C)n1. The van der Waals surface area contributed by atoms with Gasteiger partial charge in [0.15, 0.2) is 0 Å². The van der Waals surface area contributed by atoms with Crippen molar-refractivity contribution in [1.82, 2.24) is 15.0 Å². The van der Waals surface area contributed by atoms with Crippen LogP contribution in [0.5, 0.6) is 5.75 Å². The smallest absolute Gasteiger partial charge is 0.215 e. The highest BCUT2D eigenvalue weighted by Gasteiger charge is 2.13. The molecule has 2 aromatic heterocycles. The summed E-state index contributed by atoms with van der Waals surface area (Å²) in [5, 5.41) is 27.5. The first kappa shape index (κ1) is 13.7. The number of phenolic OH excluding ortho intramolecular Hbond substituents is 1. The van der Waals surface area contributed by atoms with Crippen molar-refractivity contribution in [3.05, 3.63) is 28.8 Å². The molecule has 0 radical (unpaired) electrons. The molecule has 6 nitrogen and oxygen atoms in total. The van der Waals surface area contributed by atoms with Crippen LogP contribution in [0.15, 0.2) is 28.6 Å². The molecule has 21 heavy (non-hydrogen) atoms. The average Bonchev–Trinajstić information content (AvgIpc) is 3.03. The molecule has 1 N–H and O–H groups in total. The summed E-state index contributed by atoms with van der Waals surface area (Å²) in [5.74, 6) is 0.763. The van der Waals surface area contributed by atoms with Gasteiger partial charge in [0.05, 0.1) is 10.9 Å². The minimum absolute atomic E-state index is 0.296. The predicted octanol–water partition coefficient (Wildman–Crippen LogP) is 4.02. The van der Waals surface area contributed by atoms with E-state index in [0.29, 0.717) is 11.6 Å². The minimum atomic E-state index is 0.296. The second-order valence-electron chi connectivity index (χ2n) is 4.75. The number of aryl methyl sites for hydroxylation is 3. The minimum Gasteiger partial charge on any atom is -0.507 e. The Kier molecular flexibility index (Phi) is 3.42. The number of hydrogen-bond acceptors (Lipinski definition) is 6. The van der Waals surface area contributed by atoms with E-state index < -0.39 is 0 Å². The molecule has 0 aliphatic heterocycles. The van der Waals surface area contributed by atoms with Crippen LogP contribution in [0.3, 0.4) is 0 Å². The molecule has 0 bridgehead atoms. The van der Waals surface area contributed by atoms with Crippen LogP contribution in [0.1, 0.15) is 17.4 Å². The molecule has 0 spiro atoms. The van der Waals surface area contributed by atoms with Gasteiger partial charge in [-0.3, -0.25) is 0 Å². The van der Waals surface area contributed by atoms with Gasteiger partial charge in [-0.1, -0.05) is 6.92 Å². The molecule has 0 aliphatic rings. The van der Waals surface area contributed by atoms with Crippen molar-refractivity contribution in [1.29, 1.82) is 0 Å². The first-order valence-electron chi connectivity index (χ1n) is 6.61. The number of rotatable bonds is 3. The summed E-state index contributed by atoms with van der Waals surface area (Å²) in [7, 11) is 1.73. The quantitative estimate of drug-likeness (QED) is 0.742. The average molecular weight is 301 g/mol. The van der Waals surface area contributed by atoms with Crippen molar-refractivity contribution in [2.24, 2.45) is 17.3 Å². The maximum absolute atomic E-state index is 10.1. The number of aromatic nitrogens is 3. The highest BCUT2D eigenvalue weighted by molar-refractivity contribution is 7.19. The standard InChI is InChI=1S/C14H15N5OS/c1-4-9-6-11(20)10-5-8(2)21-14(10)13(9)17-16-12-7-15-19(3)18-12/h5-7,20H,4H2,1-3H3/b17-16+. The highest BCUT2D eigenvalue weighted by Crippen LogP contribution is 2.42. The van der Waals surface area contributed by atoms with E-state index in [1.165, 1.54) is 4.80 Å². The number of aromatic hydroxyl groups is 1.